The molecule has 4 heteroatoms. The van der Waals surface area contributed by atoms with Gasteiger partial charge in [0.25, 0.3) is 5.91 Å². The van der Waals surface area contributed by atoms with Crippen LogP contribution in [0.4, 0.5) is 0 Å². The van der Waals surface area contributed by atoms with Gasteiger partial charge in [-0.25, -0.2) is 4.98 Å². The molecule has 0 spiro atoms. The van der Waals surface area contributed by atoms with Crippen LogP contribution in [0.5, 0.6) is 0 Å². The predicted molar refractivity (Wildman–Crippen MR) is 81.6 cm³/mol. The number of hydrogen-bond donors (Lipinski definition) is 1. The van der Waals surface area contributed by atoms with E-state index in [1.165, 1.54) is 19.3 Å². The number of rotatable bonds is 1. The van der Waals surface area contributed by atoms with E-state index in [4.69, 9.17) is 5.73 Å². The summed E-state index contributed by atoms with van der Waals surface area (Å²) in [5.41, 5.74) is 6.59. The Morgan fingerprint density at radius 1 is 1.38 bits per heavy atom. The molecular weight excluding hydrogens is 262 g/mol. The standard InChI is InChI=1S/C17H21N3O/c18-10-2-6-14-7-3-11-19-16(14)17(21)20-12-4-8-13-5-1-9-15(13)20/h3,7,11,13,15H,1,4-5,8-10,12,18H2. The van der Waals surface area contributed by atoms with E-state index >= 15 is 0 Å². The molecule has 2 atom stereocenters. The van der Waals surface area contributed by atoms with Gasteiger partial charge in [-0.3, -0.25) is 4.79 Å². The fraction of sp³-hybridized carbons (Fsp3) is 0.529. The molecule has 3 rings (SSSR count). The molecule has 4 nitrogen and oxygen atoms in total. The summed E-state index contributed by atoms with van der Waals surface area (Å²) in [6.45, 7) is 1.14. The first-order chi connectivity index (χ1) is 10.3. The summed E-state index contributed by atoms with van der Waals surface area (Å²) in [7, 11) is 0. The van der Waals surface area contributed by atoms with E-state index in [1.54, 1.807) is 6.20 Å². The molecule has 1 aliphatic heterocycles. The van der Waals surface area contributed by atoms with Gasteiger partial charge in [-0.15, -0.1) is 0 Å². The smallest absolute Gasteiger partial charge is 0.274 e. The highest BCUT2D eigenvalue weighted by Gasteiger charge is 2.38. The van der Waals surface area contributed by atoms with Crippen LogP contribution >= 0.6 is 0 Å². The van der Waals surface area contributed by atoms with E-state index < -0.39 is 0 Å². The van der Waals surface area contributed by atoms with Crippen molar-refractivity contribution in [1.29, 1.82) is 0 Å². The summed E-state index contributed by atoms with van der Waals surface area (Å²) < 4.78 is 0. The number of nitrogens with two attached hydrogens (primary N) is 1. The number of amides is 1. The molecule has 2 N–H and O–H groups in total. The third kappa shape index (κ3) is 2.79. The largest absolute Gasteiger partial charge is 0.334 e. The van der Waals surface area contributed by atoms with Crippen LogP contribution < -0.4 is 5.73 Å². The van der Waals surface area contributed by atoms with Crippen LogP contribution in [0, 0.1) is 17.8 Å². The van der Waals surface area contributed by atoms with Crippen molar-refractivity contribution in [3.63, 3.8) is 0 Å². The number of aromatic nitrogens is 1. The Kier molecular flexibility index (Phi) is 4.21. The Balaban J connectivity index is 1.88. The number of fused-ring (bicyclic) bond motifs is 1. The van der Waals surface area contributed by atoms with Gasteiger partial charge in [-0.2, -0.15) is 0 Å². The molecule has 0 radical (unpaired) electrons. The van der Waals surface area contributed by atoms with Gasteiger partial charge >= 0.3 is 0 Å². The average molecular weight is 283 g/mol. The minimum absolute atomic E-state index is 0.0357. The SMILES string of the molecule is NCC#Cc1cccnc1C(=O)N1CCCC2CCCC21. The first kappa shape index (κ1) is 14.1. The third-order valence-corrected chi connectivity index (χ3v) is 4.59. The molecule has 1 saturated heterocycles. The third-order valence-electron chi connectivity index (χ3n) is 4.59. The lowest BCUT2D eigenvalue weighted by Gasteiger charge is -2.37. The second-order valence-corrected chi connectivity index (χ2v) is 5.80. The van der Waals surface area contributed by atoms with Crippen LogP contribution in [0.1, 0.15) is 48.2 Å². The van der Waals surface area contributed by atoms with Gasteiger partial charge in [0.1, 0.15) is 5.69 Å². The van der Waals surface area contributed by atoms with Crippen molar-refractivity contribution in [3.8, 4) is 11.8 Å². The Hall–Kier alpha value is -1.86. The molecule has 2 heterocycles. The molecule has 1 amide bonds. The van der Waals surface area contributed by atoms with Crippen molar-refractivity contribution in [2.75, 3.05) is 13.1 Å². The normalized spacial score (nSPS) is 24.1. The number of hydrogen-bond acceptors (Lipinski definition) is 3. The van der Waals surface area contributed by atoms with Gasteiger partial charge in [0.05, 0.1) is 12.1 Å². The number of likely N-dealkylation sites (tertiary alicyclic amines) is 1. The maximum atomic E-state index is 12.9. The number of pyridine rings is 1. The number of nitrogens with zero attached hydrogens (tertiary/aromatic N) is 2. The molecule has 110 valence electrons. The molecule has 2 fully saturated rings. The molecule has 2 unspecified atom stereocenters. The molecule has 0 bridgehead atoms. The van der Waals surface area contributed by atoms with E-state index in [0.29, 0.717) is 23.2 Å². The molecule has 21 heavy (non-hydrogen) atoms. The topological polar surface area (TPSA) is 59.2 Å². The fourth-order valence-corrected chi connectivity index (χ4v) is 3.66. The zero-order valence-corrected chi connectivity index (χ0v) is 12.2. The number of carbonyl (C=O) groups excluding carboxylic acids is 1. The predicted octanol–water partition coefficient (Wildman–Crippen LogP) is 1.80. The molecule has 1 saturated carbocycles. The average Bonchev–Trinajstić information content (AvgIpc) is 3.01. The summed E-state index contributed by atoms with van der Waals surface area (Å²) in [6.07, 6.45) is 7.65. The van der Waals surface area contributed by atoms with Crippen molar-refractivity contribution < 1.29 is 4.79 Å². The Morgan fingerprint density at radius 3 is 3.10 bits per heavy atom. The van der Waals surface area contributed by atoms with Crippen molar-refractivity contribution in [3.05, 3.63) is 29.6 Å². The highest BCUT2D eigenvalue weighted by Crippen LogP contribution is 2.37. The zero-order chi connectivity index (χ0) is 14.7. The van der Waals surface area contributed by atoms with Crippen molar-refractivity contribution in [1.82, 2.24) is 9.88 Å². The minimum Gasteiger partial charge on any atom is -0.334 e. The second-order valence-electron chi connectivity index (χ2n) is 5.80. The van der Waals surface area contributed by atoms with Crippen LogP contribution in [0.2, 0.25) is 0 Å². The molecule has 1 aliphatic carbocycles. The van der Waals surface area contributed by atoms with Gasteiger partial charge in [-0.05, 0) is 43.7 Å². The molecule has 1 aromatic heterocycles. The maximum absolute atomic E-state index is 12.9. The van der Waals surface area contributed by atoms with Crippen LogP contribution in [-0.4, -0.2) is 34.9 Å². The van der Waals surface area contributed by atoms with Gasteiger partial charge in [0, 0.05) is 18.8 Å². The zero-order valence-electron chi connectivity index (χ0n) is 12.2. The summed E-state index contributed by atoms with van der Waals surface area (Å²) in [6, 6.07) is 4.06. The lowest BCUT2D eigenvalue weighted by Crippen LogP contribution is -2.46. The lowest BCUT2D eigenvalue weighted by atomic mass is 9.91. The number of piperidine rings is 1. The van der Waals surface area contributed by atoms with Gasteiger partial charge in [0.2, 0.25) is 0 Å². The molecule has 2 aliphatic rings. The maximum Gasteiger partial charge on any atom is 0.274 e. The summed E-state index contributed by atoms with van der Waals surface area (Å²) >= 11 is 0. The van der Waals surface area contributed by atoms with Crippen LogP contribution in [0.15, 0.2) is 18.3 Å². The monoisotopic (exact) mass is 283 g/mol. The Morgan fingerprint density at radius 2 is 2.24 bits per heavy atom. The first-order valence-corrected chi connectivity index (χ1v) is 7.76. The molecule has 1 aromatic rings. The van der Waals surface area contributed by atoms with Gasteiger partial charge in [-0.1, -0.05) is 18.3 Å². The van der Waals surface area contributed by atoms with E-state index in [1.807, 2.05) is 17.0 Å². The summed E-state index contributed by atoms with van der Waals surface area (Å²) in [5.74, 6) is 6.50. The summed E-state index contributed by atoms with van der Waals surface area (Å²) in [4.78, 5) is 19.2. The van der Waals surface area contributed by atoms with Crippen molar-refractivity contribution >= 4 is 5.91 Å². The minimum atomic E-state index is 0.0357. The van der Waals surface area contributed by atoms with Crippen molar-refractivity contribution in [2.24, 2.45) is 11.7 Å². The lowest BCUT2D eigenvalue weighted by molar-refractivity contribution is 0.0542. The van der Waals surface area contributed by atoms with E-state index in [2.05, 4.69) is 16.8 Å². The van der Waals surface area contributed by atoms with Gasteiger partial charge in [0.15, 0.2) is 0 Å². The van der Waals surface area contributed by atoms with Crippen LogP contribution in [0.3, 0.4) is 0 Å². The van der Waals surface area contributed by atoms with Crippen LogP contribution in [-0.2, 0) is 0 Å². The molecule has 0 aromatic carbocycles. The molecular formula is C17H21N3O. The first-order valence-electron chi connectivity index (χ1n) is 7.76. The van der Waals surface area contributed by atoms with E-state index in [-0.39, 0.29) is 12.5 Å². The Labute approximate surface area is 125 Å². The Bertz CT molecular complexity index is 587. The summed E-state index contributed by atoms with van der Waals surface area (Å²) in [5, 5.41) is 0. The highest BCUT2D eigenvalue weighted by molar-refractivity contribution is 5.95. The van der Waals surface area contributed by atoms with E-state index in [0.717, 1.165) is 19.4 Å². The second kappa shape index (κ2) is 6.28. The number of carbonyl (C=O) groups is 1. The van der Waals surface area contributed by atoms with Crippen molar-refractivity contribution in [2.45, 2.75) is 38.1 Å². The van der Waals surface area contributed by atoms with Crippen LogP contribution in [0.25, 0.3) is 0 Å². The van der Waals surface area contributed by atoms with E-state index in [9.17, 15) is 4.79 Å². The fourth-order valence-electron chi connectivity index (χ4n) is 3.66. The van der Waals surface area contributed by atoms with Gasteiger partial charge < -0.3 is 10.6 Å². The highest BCUT2D eigenvalue weighted by atomic mass is 16.2. The quantitative estimate of drug-likeness (QED) is 0.799.